The van der Waals surface area contributed by atoms with E-state index in [0.717, 1.165) is 22.9 Å². The van der Waals surface area contributed by atoms with Gasteiger partial charge in [0, 0.05) is 12.7 Å². The minimum Gasteiger partial charge on any atom is -0.497 e. The Labute approximate surface area is 119 Å². The van der Waals surface area contributed by atoms with Gasteiger partial charge in [0.2, 0.25) is 0 Å². The Morgan fingerprint density at radius 1 is 1.20 bits per heavy atom. The number of nitrogens with one attached hydrogen (secondary N) is 1. The van der Waals surface area contributed by atoms with E-state index in [9.17, 15) is 0 Å². The molecule has 0 spiro atoms. The summed E-state index contributed by atoms with van der Waals surface area (Å²) in [6, 6.07) is 11.7. The van der Waals surface area contributed by atoms with Crippen LogP contribution in [0, 0.1) is 0 Å². The lowest BCUT2D eigenvalue weighted by Crippen LogP contribution is -2.09. The molecule has 0 atom stereocenters. The number of rotatable bonds is 6. The molecule has 4 heteroatoms. The van der Waals surface area contributed by atoms with Gasteiger partial charge in [-0.3, -0.25) is 0 Å². The van der Waals surface area contributed by atoms with Crippen molar-refractivity contribution >= 4 is 5.82 Å². The lowest BCUT2D eigenvalue weighted by Gasteiger charge is -2.14. The molecule has 20 heavy (non-hydrogen) atoms. The lowest BCUT2D eigenvalue weighted by atomic mass is 10.2. The first-order chi connectivity index (χ1) is 9.69. The molecular weight excluding hydrogens is 252 g/mol. The van der Waals surface area contributed by atoms with Crippen molar-refractivity contribution in [2.75, 3.05) is 12.4 Å². The zero-order valence-corrected chi connectivity index (χ0v) is 12.1. The standard InChI is InChI=1S/C16H20N2O2/c1-12(2)20-15-8-5-9-17-16(15)18-11-13-6-4-7-14(10-13)19-3/h4-10,12H,11H2,1-3H3,(H,17,18). The SMILES string of the molecule is COc1cccc(CNc2ncccc2OC(C)C)c1. The Hall–Kier alpha value is -2.23. The van der Waals surface area contributed by atoms with Crippen molar-refractivity contribution in [3.05, 3.63) is 48.2 Å². The van der Waals surface area contributed by atoms with Crippen LogP contribution in [0.1, 0.15) is 19.4 Å². The van der Waals surface area contributed by atoms with E-state index < -0.39 is 0 Å². The van der Waals surface area contributed by atoms with Crippen LogP contribution in [0.2, 0.25) is 0 Å². The zero-order chi connectivity index (χ0) is 14.4. The molecule has 0 amide bonds. The first-order valence-corrected chi connectivity index (χ1v) is 6.67. The van der Waals surface area contributed by atoms with Crippen LogP contribution in [0.5, 0.6) is 11.5 Å². The number of anilines is 1. The molecule has 4 nitrogen and oxygen atoms in total. The van der Waals surface area contributed by atoms with Crippen LogP contribution in [0.25, 0.3) is 0 Å². The van der Waals surface area contributed by atoms with Crippen LogP contribution in [-0.2, 0) is 6.54 Å². The summed E-state index contributed by atoms with van der Waals surface area (Å²) in [5.41, 5.74) is 1.13. The highest BCUT2D eigenvalue weighted by molar-refractivity contribution is 5.50. The monoisotopic (exact) mass is 272 g/mol. The summed E-state index contributed by atoms with van der Waals surface area (Å²) < 4.78 is 10.9. The minimum absolute atomic E-state index is 0.122. The van der Waals surface area contributed by atoms with E-state index in [2.05, 4.69) is 10.3 Å². The summed E-state index contributed by atoms with van der Waals surface area (Å²) in [5, 5.41) is 3.29. The third kappa shape index (κ3) is 3.88. The molecule has 0 saturated carbocycles. The summed E-state index contributed by atoms with van der Waals surface area (Å²) in [6.07, 6.45) is 1.87. The molecule has 2 rings (SSSR count). The maximum absolute atomic E-state index is 5.73. The largest absolute Gasteiger partial charge is 0.497 e. The quantitative estimate of drug-likeness (QED) is 0.874. The topological polar surface area (TPSA) is 43.4 Å². The van der Waals surface area contributed by atoms with Crippen molar-refractivity contribution in [1.29, 1.82) is 0 Å². The Bertz CT molecular complexity index is 556. The molecule has 0 radical (unpaired) electrons. The van der Waals surface area contributed by atoms with Crippen molar-refractivity contribution < 1.29 is 9.47 Å². The Kier molecular flexibility index (Phi) is 4.82. The molecule has 0 fully saturated rings. The highest BCUT2D eigenvalue weighted by atomic mass is 16.5. The van der Waals surface area contributed by atoms with Crippen LogP contribution >= 0.6 is 0 Å². The van der Waals surface area contributed by atoms with E-state index in [-0.39, 0.29) is 6.10 Å². The van der Waals surface area contributed by atoms with Gasteiger partial charge in [-0.2, -0.15) is 0 Å². The van der Waals surface area contributed by atoms with E-state index in [0.29, 0.717) is 6.54 Å². The van der Waals surface area contributed by atoms with Gasteiger partial charge >= 0.3 is 0 Å². The first-order valence-electron chi connectivity index (χ1n) is 6.67. The fourth-order valence-corrected chi connectivity index (χ4v) is 1.84. The average molecular weight is 272 g/mol. The smallest absolute Gasteiger partial charge is 0.169 e. The number of hydrogen-bond acceptors (Lipinski definition) is 4. The van der Waals surface area contributed by atoms with E-state index in [1.165, 1.54) is 0 Å². The molecular formula is C16H20N2O2. The predicted molar refractivity (Wildman–Crippen MR) is 80.3 cm³/mol. The molecule has 0 aliphatic rings. The van der Waals surface area contributed by atoms with Gasteiger partial charge in [0.25, 0.3) is 0 Å². The number of aromatic nitrogens is 1. The Morgan fingerprint density at radius 2 is 2.05 bits per heavy atom. The van der Waals surface area contributed by atoms with Crippen molar-refractivity contribution in [3.8, 4) is 11.5 Å². The Morgan fingerprint density at radius 3 is 2.80 bits per heavy atom. The van der Waals surface area contributed by atoms with Crippen LogP contribution in [-0.4, -0.2) is 18.2 Å². The highest BCUT2D eigenvalue weighted by Crippen LogP contribution is 2.23. The number of nitrogens with zero attached hydrogens (tertiary/aromatic N) is 1. The molecule has 0 saturated heterocycles. The number of hydrogen-bond donors (Lipinski definition) is 1. The Balaban J connectivity index is 2.06. The molecule has 1 N–H and O–H groups in total. The molecule has 2 aromatic rings. The van der Waals surface area contributed by atoms with Gasteiger partial charge in [-0.25, -0.2) is 4.98 Å². The van der Waals surface area contributed by atoms with Crippen LogP contribution in [0.4, 0.5) is 5.82 Å². The number of benzene rings is 1. The van der Waals surface area contributed by atoms with Gasteiger partial charge in [0.15, 0.2) is 11.6 Å². The van der Waals surface area contributed by atoms with Gasteiger partial charge < -0.3 is 14.8 Å². The third-order valence-electron chi connectivity index (χ3n) is 2.73. The molecule has 1 aromatic heterocycles. The molecule has 106 valence electrons. The second-order valence-electron chi connectivity index (χ2n) is 4.72. The lowest BCUT2D eigenvalue weighted by molar-refractivity contribution is 0.243. The third-order valence-corrected chi connectivity index (χ3v) is 2.73. The molecule has 0 aliphatic carbocycles. The summed E-state index contributed by atoms with van der Waals surface area (Å²) in [5.74, 6) is 2.37. The normalized spacial score (nSPS) is 10.4. The molecule has 0 aliphatic heterocycles. The van der Waals surface area contributed by atoms with E-state index in [1.807, 2.05) is 50.2 Å². The number of ether oxygens (including phenoxy) is 2. The van der Waals surface area contributed by atoms with E-state index in [4.69, 9.17) is 9.47 Å². The summed E-state index contributed by atoms with van der Waals surface area (Å²) in [4.78, 5) is 4.32. The van der Waals surface area contributed by atoms with Crippen molar-refractivity contribution in [2.45, 2.75) is 26.5 Å². The van der Waals surface area contributed by atoms with Gasteiger partial charge in [-0.1, -0.05) is 12.1 Å². The van der Waals surface area contributed by atoms with Gasteiger partial charge in [0.05, 0.1) is 13.2 Å². The predicted octanol–water partition coefficient (Wildman–Crippen LogP) is 3.49. The van der Waals surface area contributed by atoms with Gasteiger partial charge in [-0.15, -0.1) is 0 Å². The van der Waals surface area contributed by atoms with Crippen LogP contribution in [0.15, 0.2) is 42.6 Å². The van der Waals surface area contributed by atoms with Gasteiger partial charge in [0.1, 0.15) is 5.75 Å². The minimum atomic E-state index is 0.122. The van der Waals surface area contributed by atoms with Crippen molar-refractivity contribution in [2.24, 2.45) is 0 Å². The maximum atomic E-state index is 5.73. The molecule has 1 aromatic carbocycles. The number of methoxy groups -OCH3 is 1. The van der Waals surface area contributed by atoms with E-state index >= 15 is 0 Å². The molecule has 1 heterocycles. The fourth-order valence-electron chi connectivity index (χ4n) is 1.84. The van der Waals surface area contributed by atoms with Crippen LogP contribution in [0.3, 0.4) is 0 Å². The number of pyridine rings is 1. The summed E-state index contributed by atoms with van der Waals surface area (Å²) >= 11 is 0. The first kappa shape index (κ1) is 14.2. The molecule has 0 unspecified atom stereocenters. The second kappa shape index (κ2) is 6.80. The zero-order valence-electron chi connectivity index (χ0n) is 12.1. The van der Waals surface area contributed by atoms with E-state index in [1.54, 1.807) is 13.3 Å². The average Bonchev–Trinajstić information content (AvgIpc) is 2.46. The van der Waals surface area contributed by atoms with Crippen molar-refractivity contribution in [1.82, 2.24) is 4.98 Å². The maximum Gasteiger partial charge on any atom is 0.169 e. The fraction of sp³-hybridized carbons (Fsp3) is 0.312. The summed E-state index contributed by atoms with van der Waals surface area (Å²) in [6.45, 7) is 4.67. The van der Waals surface area contributed by atoms with Crippen molar-refractivity contribution in [3.63, 3.8) is 0 Å². The second-order valence-corrected chi connectivity index (χ2v) is 4.72. The van der Waals surface area contributed by atoms with Gasteiger partial charge in [-0.05, 0) is 43.7 Å². The molecule has 0 bridgehead atoms. The highest BCUT2D eigenvalue weighted by Gasteiger charge is 2.06. The summed E-state index contributed by atoms with van der Waals surface area (Å²) in [7, 11) is 1.67. The van der Waals surface area contributed by atoms with Crippen LogP contribution < -0.4 is 14.8 Å².